The summed E-state index contributed by atoms with van der Waals surface area (Å²) in [5, 5.41) is 7.11. The third-order valence-corrected chi connectivity index (χ3v) is 2.70. The molecule has 1 heterocycles. The summed E-state index contributed by atoms with van der Waals surface area (Å²) in [6.45, 7) is 4.55. The van der Waals surface area contributed by atoms with E-state index in [-0.39, 0.29) is 5.54 Å². The first-order valence-electron chi connectivity index (χ1n) is 5.20. The molecule has 0 fully saturated rings. The summed E-state index contributed by atoms with van der Waals surface area (Å²) in [4.78, 5) is 4.32. The molecule has 0 aromatic carbocycles. The molecule has 1 rings (SSSR count). The van der Waals surface area contributed by atoms with Crippen LogP contribution in [0.1, 0.15) is 13.8 Å². The van der Waals surface area contributed by atoms with Crippen LogP contribution in [0.4, 0.5) is 11.6 Å². The lowest BCUT2D eigenvalue weighted by Crippen LogP contribution is -2.36. The van der Waals surface area contributed by atoms with E-state index < -0.39 is 0 Å². The maximum Gasteiger partial charge on any atom is 0.147 e. The smallest absolute Gasteiger partial charge is 0.147 e. The first-order valence-corrected chi connectivity index (χ1v) is 5.96. The van der Waals surface area contributed by atoms with E-state index in [1.165, 1.54) is 0 Å². The molecule has 0 saturated carbocycles. The molecule has 2 N–H and O–H groups in total. The Morgan fingerprint density at radius 1 is 1.29 bits per heavy atom. The van der Waals surface area contributed by atoms with E-state index in [2.05, 4.69) is 15.6 Å². The zero-order valence-corrected chi connectivity index (χ0v) is 11.9. The van der Waals surface area contributed by atoms with Crippen LogP contribution in [-0.2, 0) is 4.74 Å². The van der Waals surface area contributed by atoms with Crippen molar-refractivity contribution in [3.05, 3.63) is 16.1 Å². The molecule has 1 aromatic heterocycles. The first-order chi connectivity index (χ1) is 7.89. The Labute approximate surface area is 112 Å². The number of methoxy groups -OCH3 is 1. The van der Waals surface area contributed by atoms with Crippen molar-refractivity contribution in [1.82, 2.24) is 4.98 Å². The zero-order valence-electron chi connectivity index (χ0n) is 10.4. The Morgan fingerprint density at radius 2 is 1.88 bits per heavy atom. The third-order valence-electron chi connectivity index (χ3n) is 2.13. The van der Waals surface area contributed by atoms with E-state index in [9.17, 15) is 0 Å². The van der Waals surface area contributed by atoms with Gasteiger partial charge in [0, 0.05) is 14.2 Å². The highest BCUT2D eigenvalue weighted by Gasteiger charge is 2.20. The monoisotopic (exact) mass is 277 g/mol. The Hall–Kier alpha value is -0.710. The summed E-state index contributed by atoms with van der Waals surface area (Å²) in [7, 11) is 3.41. The molecule has 0 aliphatic carbocycles. The second kappa shape index (κ2) is 5.76. The van der Waals surface area contributed by atoms with Crippen LogP contribution >= 0.6 is 23.2 Å². The molecule has 0 unspecified atom stereocenters. The molecule has 17 heavy (non-hydrogen) atoms. The molecule has 0 aliphatic heterocycles. The first kappa shape index (κ1) is 14.4. The van der Waals surface area contributed by atoms with Gasteiger partial charge in [0.2, 0.25) is 0 Å². The molecule has 0 amide bonds. The number of hydrogen-bond donors (Lipinski definition) is 2. The number of rotatable bonds is 5. The molecule has 0 spiro atoms. The third kappa shape index (κ3) is 3.91. The second-order valence-corrected chi connectivity index (χ2v) is 5.16. The van der Waals surface area contributed by atoms with Gasteiger partial charge in [-0.1, -0.05) is 23.2 Å². The van der Waals surface area contributed by atoms with Crippen molar-refractivity contribution < 1.29 is 4.74 Å². The fourth-order valence-corrected chi connectivity index (χ4v) is 1.95. The van der Waals surface area contributed by atoms with Crippen molar-refractivity contribution in [3.8, 4) is 0 Å². The van der Waals surface area contributed by atoms with Crippen molar-refractivity contribution >= 4 is 34.8 Å². The van der Waals surface area contributed by atoms with Gasteiger partial charge in [-0.15, -0.1) is 0 Å². The minimum Gasteiger partial charge on any atom is -0.382 e. The molecule has 0 saturated heterocycles. The predicted molar refractivity (Wildman–Crippen MR) is 73.4 cm³/mol. The number of halogens is 2. The average molecular weight is 278 g/mol. The van der Waals surface area contributed by atoms with Gasteiger partial charge in [-0.2, -0.15) is 0 Å². The second-order valence-electron chi connectivity index (χ2n) is 4.34. The van der Waals surface area contributed by atoms with E-state index in [0.29, 0.717) is 28.3 Å². The minimum atomic E-state index is -0.260. The fourth-order valence-electron chi connectivity index (χ4n) is 1.45. The van der Waals surface area contributed by atoms with E-state index in [1.54, 1.807) is 20.2 Å². The van der Waals surface area contributed by atoms with Crippen molar-refractivity contribution in [2.45, 2.75) is 19.4 Å². The Kier molecular flexibility index (Phi) is 4.86. The van der Waals surface area contributed by atoms with Gasteiger partial charge in [0.25, 0.3) is 0 Å². The number of hydrogen-bond acceptors (Lipinski definition) is 4. The van der Waals surface area contributed by atoms with Gasteiger partial charge < -0.3 is 15.4 Å². The number of anilines is 2. The summed E-state index contributed by atoms with van der Waals surface area (Å²) in [5.74, 6) is 1.18. The van der Waals surface area contributed by atoms with Crippen molar-refractivity contribution in [2.24, 2.45) is 0 Å². The number of nitrogens with one attached hydrogen (secondary N) is 2. The van der Waals surface area contributed by atoms with Gasteiger partial charge >= 0.3 is 0 Å². The maximum absolute atomic E-state index is 6.09. The standard InChI is InChI=1S/C11H17Cl2N3O/c1-11(2,6-17-4)16-10-8(13)5-7(12)9(14-3)15-10/h5H,6H2,1-4H3,(H2,14,15,16). The van der Waals surface area contributed by atoms with Crippen molar-refractivity contribution in [2.75, 3.05) is 31.4 Å². The highest BCUT2D eigenvalue weighted by molar-refractivity contribution is 6.37. The molecular formula is C11H17Cl2N3O. The van der Waals surface area contributed by atoms with E-state index in [4.69, 9.17) is 27.9 Å². The Bertz CT molecular complexity index is 397. The predicted octanol–water partition coefficient (Wildman–Crippen LogP) is 3.27. The number of nitrogens with zero attached hydrogens (tertiary/aromatic N) is 1. The molecule has 0 aliphatic rings. The fraction of sp³-hybridized carbons (Fsp3) is 0.545. The average Bonchev–Trinajstić information content (AvgIpc) is 2.21. The summed E-state index contributed by atoms with van der Waals surface area (Å²) < 4.78 is 5.12. The van der Waals surface area contributed by atoms with Crippen molar-refractivity contribution in [1.29, 1.82) is 0 Å². The lowest BCUT2D eigenvalue weighted by Gasteiger charge is -2.26. The molecule has 0 bridgehead atoms. The summed E-state index contributed by atoms with van der Waals surface area (Å²) in [5.41, 5.74) is -0.260. The van der Waals surface area contributed by atoms with Crippen LogP contribution in [0.3, 0.4) is 0 Å². The minimum absolute atomic E-state index is 0.260. The van der Waals surface area contributed by atoms with Crippen molar-refractivity contribution in [3.63, 3.8) is 0 Å². The molecular weight excluding hydrogens is 261 g/mol. The highest BCUT2D eigenvalue weighted by atomic mass is 35.5. The van der Waals surface area contributed by atoms with Crippen LogP contribution in [0.25, 0.3) is 0 Å². The maximum atomic E-state index is 6.09. The van der Waals surface area contributed by atoms with E-state index >= 15 is 0 Å². The van der Waals surface area contributed by atoms with Crippen LogP contribution in [0, 0.1) is 0 Å². The van der Waals surface area contributed by atoms with Crippen LogP contribution in [-0.4, -0.2) is 31.3 Å². The topological polar surface area (TPSA) is 46.2 Å². The molecule has 4 nitrogen and oxygen atoms in total. The molecule has 1 aromatic rings. The molecule has 0 radical (unpaired) electrons. The van der Waals surface area contributed by atoms with Crippen LogP contribution in [0.2, 0.25) is 10.0 Å². The normalized spacial score (nSPS) is 11.4. The number of pyridine rings is 1. The Balaban J connectivity index is 2.98. The molecule has 6 heteroatoms. The summed E-state index contributed by atoms with van der Waals surface area (Å²) in [6.07, 6.45) is 0. The largest absolute Gasteiger partial charge is 0.382 e. The number of ether oxygens (including phenoxy) is 1. The quantitative estimate of drug-likeness (QED) is 0.867. The van der Waals surface area contributed by atoms with Gasteiger partial charge in [-0.3, -0.25) is 0 Å². The lowest BCUT2D eigenvalue weighted by atomic mass is 10.1. The summed E-state index contributed by atoms with van der Waals surface area (Å²) in [6, 6.07) is 1.66. The SMILES string of the molecule is CNc1nc(NC(C)(C)COC)c(Cl)cc1Cl. The highest BCUT2D eigenvalue weighted by Crippen LogP contribution is 2.30. The van der Waals surface area contributed by atoms with Gasteiger partial charge in [0.05, 0.1) is 22.2 Å². The molecule has 96 valence electrons. The summed E-state index contributed by atoms with van der Waals surface area (Å²) >= 11 is 12.1. The lowest BCUT2D eigenvalue weighted by molar-refractivity contribution is 0.158. The Morgan fingerprint density at radius 3 is 2.41 bits per heavy atom. The van der Waals surface area contributed by atoms with Crippen LogP contribution in [0.15, 0.2) is 6.07 Å². The van der Waals surface area contributed by atoms with Crippen LogP contribution < -0.4 is 10.6 Å². The van der Waals surface area contributed by atoms with Gasteiger partial charge in [0.15, 0.2) is 0 Å². The van der Waals surface area contributed by atoms with Crippen LogP contribution in [0.5, 0.6) is 0 Å². The number of aromatic nitrogens is 1. The molecule has 0 atom stereocenters. The van der Waals surface area contributed by atoms with E-state index in [1.807, 2.05) is 13.8 Å². The zero-order chi connectivity index (χ0) is 13.1. The van der Waals surface area contributed by atoms with Gasteiger partial charge in [-0.25, -0.2) is 4.98 Å². The van der Waals surface area contributed by atoms with E-state index in [0.717, 1.165) is 0 Å². The van der Waals surface area contributed by atoms with Gasteiger partial charge in [-0.05, 0) is 19.9 Å². The van der Waals surface area contributed by atoms with Gasteiger partial charge in [0.1, 0.15) is 11.6 Å².